The van der Waals surface area contributed by atoms with Gasteiger partial charge in [0.25, 0.3) is 0 Å². The van der Waals surface area contributed by atoms with Crippen LogP contribution in [0.2, 0.25) is 0 Å². The molecular formula is C22H24O5. The van der Waals surface area contributed by atoms with Crippen molar-refractivity contribution in [3.63, 3.8) is 0 Å². The molecule has 142 valence electrons. The van der Waals surface area contributed by atoms with E-state index in [1.165, 1.54) is 6.92 Å². The van der Waals surface area contributed by atoms with Crippen molar-refractivity contribution in [3.05, 3.63) is 71.3 Å². The lowest BCUT2D eigenvalue weighted by molar-refractivity contribution is -0.149. The smallest absolute Gasteiger partial charge is 0.302 e. The Morgan fingerprint density at radius 1 is 1.26 bits per heavy atom. The molecule has 0 saturated carbocycles. The van der Waals surface area contributed by atoms with E-state index in [1.54, 1.807) is 7.11 Å². The molecule has 1 aliphatic heterocycles. The van der Waals surface area contributed by atoms with Crippen molar-refractivity contribution in [2.45, 2.75) is 31.7 Å². The summed E-state index contributed by atoms with van der Waals surface area (Å²) in [4.78, 5) is 11.1. The fourth-order valence-corrected chi connectivity index (χ4v) is 3.36. The average Bonchev–Trinajstić information content (AvgIpc) is 2.70. The zero-order valence-electron chi connectivity index (χ0n) is 15.5. The Hall–Kier alpha value is -2.63. The van der Waals surface area contributed by atoms with Crippen LogP contribution in [-0.4, -0.2) is 37.0 Å². The van der Waals surface area contributed by atoms with E-state index >= 15 is 0 Å². The third kappa shape index (κ3) is 4.56. The highest BCUT2D eigenvalue weighted by Gasteiger charge is 2.36. The molecular weight excluding hydrogens is 344 g/mol. The first kappa shape index (κ1) is 19.1. The van der Waals surface area contributed by atoms with Gasteiger partial charge in [-0.05, 0) is 17.2 Å². The first-order valence-corrected chi connectivity index (χ1v) is 8.92. The van der Waals surface area contributed by atoms with Crippen LogP contribution in [0.5, 0.6) is 5.75 Å². The van der Waals surface area contributed by atoms with Gasteiger partial charge in [0.1, 0.15) is 18.5 Å². The minimum Gasteiger partial charge on any atom is -0.496 e. The largest absolute Gasteiger partial charge is 0.496 e. The van der Waals surface area contributed by atoms with Crippen LogP contribution in [0.25, 0.3) is 6.08 Å². The van der Waals surface area contributed by atoms with E-state index in [-0.39, 0.29) is 12.5 Å². The zero-order valence-corrected chi connectivity index (χ0v) is 15.5. The highest BCUT2D eigenvalue weighted by molar-refractivity contribution is 5.65. The van der Waals surface area contributed by atoms with Crippen molar-refractivity contribution < 1.29 is 24.1 Å². The molecule has 0 fully saturated rings. The first-order valence-electron chi connectivity index (χ1n) is 8.92. The van der Waals surface area contributed by atoms with Crippen LogP contribution < -0.4 is 4.74 Å². The third-order valence-electron chi connectivity index (χ3n) is 4.63. The van der Waals surface area contributed by atoms with E-state index in [1.807, 2.05) is 60.7 Å². The Kier molecular flexibility index (Phi) is 6.27. The van der Waals surface area contributed by atoms with Crippen LogP contribution in [0.4, 0.5) is 0 Å². The Morgan fingerprint density at radius 3 is 2.74 bits per heavy atom. The molecule has 0 radical (unpaired) electrons. The lowest BCUT2D eigenvalue weighted by Crippen LogP contribution is -2.40. The topological polar surface area (TPSA) is 65.0 Å². The van der Waals surface area contributed by atoms with E-state index in [2.05, 4.69) is 0 Å². The molecule has 0 unspecified atom stereocenters. The minimum absolute atomic E-state index is 0.111. The summed E-state index contributed by atoms with van der Waals surface area (Å²) in [6.45, 7) is 1.57. The van der Waals surface area contributed by atoms with E-state index in [0.29, 0.717) is 6.61 Å². The van der Waals surface area contributed by atoms with Crippen LogP contribution in [0, 0.1) is 0 Å². The predicted molar refractivity (Wildman–Crippen MR) is 102 cm³/mol. The Balaban J connectivity index is 1.95. The molecule has 2 aromatic rings. The summed E-state index contributed by atoms with van der Waals surface area (Å²) in [5.74, 6) is 0.0816. The molecule has 1 N–H and O–H groups in total. The van der Waals surface area contributed by atoms with Crippen molar-refractivity contribution in [3.8, 4) is 5.75 Å². The molecule has 0 aliphatic carbocycles. The van der Waals surface area contributed by atoms with Crippen molar-refractivity contribution in [1.29, 1.82) is 0 Å². The summed E-state index contributed by atoms with van der Waals surface area (Å²) in [6.07, 6.45) is 2.52. The third-order valence-corrected chi connectivity index (χ3v) is 4.63. The summed E-state index contributed by atoms with van der Waals surface area (Å²) in [5.41, 5.74) is 3.06. The number of aliphatic hydroxyl groups excluding tert-OH is 1. The standard InChI is InChI=1S/C22H24O5/c1-15(23)26-14-19(24)22-18(12-11-16-7-4-3-5-8-16)21-17(13-27-22)9-6-10-20(21)25-2/h3-12,18-19,22,24H,13-14H2,1-2H3/t18-,19+,22-/m0/s1. The normalized spacial score (nSPS) is 20.1. The Labute approximate surface area is 159 Å². The van der Waals surface area contributed by atoms with Crippen molar-refractivity contribution in [2.24, 2.45) is 0 Å². The van der Waals surface area contributed by atoms with Gasteiger partial charge in [-0.3, -0.25) is 4.79 Å². The number of benzene rings is 2. The maximum atomic E-state index is 11.1. The summed E-state index contributed by atoms with van der Waals surface area (Å²) >= 11 is 0. The van der Waals surface area contributed by atoms with Crippen LogP contribution >= 0.6 is 0 Å². The highest BCUT2D eigenvalue weighted by Crippen LogP contribution is 2.40. The first-order chi connectivity index (χ1) is 13.1. The van der Waals surface area contributed by atoms with Gasteiger partial charge in [-0.25, -0.2) is 0 Å². The molecule has 1 aliphatic rings. The minimum atomic E-state index is -0.947. The summed E-state index contributed by atoms with van der Waals surface area (Å²) in [7, 11) is 1.63. The second-order valence-corrected chi connectivity index (χ2v) is 6.47. The fourth-order valence-electron chi connectivity index (χ4n) is 3.36. The number of carbonyl (C=O) groups is 1. The Bertz CT molecular complexity index is 785. The predicted octanol–water partition coefficient (Wildman–Crippen LogP) is 3.32. The van der Waals surface area contributed by atoms with Crippen LogP contribution in [0.1, 0.15) is 29.5 Å². The molecule has 3 atom stereocenters. The summed E-state index contributed by atoms with van der Waals surface area (Å²) in [6, 6.07) is 15.7. The molecule has 0 bridgehead atoms. The summed E-state index contributed by atoms with van der Waals surface area (Å²) in [5, 5.41) is 10.6. The number of fused-ring (bicyclic) bond motifs is 1. The van der Waals surface area contributed by atoms with Gasteiger partial charge in [0.2, 0.25) is 0 Å². The van der Waals surface area contributed by atoms with Gasteiger partial charge in [-0.2, -0.15) is 0 Å². The number of hydrogen-bond donors (Lipinski definition) is 1. The fraction of sp³-hybridized carbons (Fsp3) is 0.318. The maximum absolute atomic E-state index is 11.1. The maximum Gasteiger partial charge on any atom is 0.302 e. The zero-order chi connectivity index (χ0) is 19.2. The second kappa shape index (κ2) is 8.84. The molecule has 1 heterocycles. The Morgan fingerprint density at radius 2 is 2.04 bits per heavy atom. The molecule has 0 amide bonds. The van der Waals surface area contributed by atoms with Crippen LogP contribution in [0.15, 0.2) is 54.6 Å². The highest BCUT2D eigenvalue weighted by atomic mass is 16.5. The molecule has 0 saturated heterocycles. The van der Waals surface area contributed by atoms with Crippen molar-refractivity contribution >= 4 is 12.0 Å². The van der Waals surface area contributed by atoms with Crippen molar-refractivity contribution in [1.82, 2.24) is 0 Å². The van der Waals surface area contributed by atoms with Crippen LogP contribution in [0.3, 0.4) is 0 Å². The van der Waals surface area contributed by atoms with Crippen molar-refractivity contribution in [2.75, 3.05) is 13.7 Å². The number of methoxy groups -OCH3 is 1. The molecule has 5 nitrogen and oxygen atoms in total. The molecule has 2 aromatic carbocycles. The SMILES string of the molecule is COc1cccc2c1[C@H](C=Cc1ccccc1)[C@@H]([C@H](O)COC(C)=O)OC2. The number of hydrogen-bond acceptors (Lipinski definition) is 5. The second-order valence-electron chi connectivity index (χ2n) is 6.47. The molecule has 27 heavy (non-hydrogen) atoms. The quantitative estimate of drug-likeness (QED) is 0.793. The number of rotatable bonds is 6. The summed E-state index contributed by atoms with van der Waals surface area (Å²) < 4.78 is 16.5. The molecule has 3 rings (SSSR count). The number of carbonyl (C=O) groups excluding carboxylic acids is 1. The molecule has 0 spiro atoms. The van der Waals surface area contributed by atoms with Gasteiger partial charge in [0.05, 0.1) is 19.8 Å². The van der Waals surface area contributed by atoms with Gasteiger partial charge in [-0.15, -0.1) is 0 Å². The van der Waals surface area contributed by atoms with E-state index in [9.17, 15) is 9.90 Å². The van der Waals surface area contributed by atoms with Gasteiger partial charge < -0.3 is 19.3 Å². The van der Waals surface area contributed by atoms with Gasteiger partial charge in [0, 0.05) is 18.4 Å². The number of esters is 1. The van der Waals surface area contributed by atoms with E-state index < -0.39 is 18.2 Å². The van der Waals surface area contributed by atoms with E-state index in [0.717, 1.165) is 22.4 Å². The monoisotopic (exact) mass is 368 g/mol. The van der Waals surface area contributed by atoms with Gasteiger partial charge in [-0.1, -0.05) is 54.6 Å². The van der Waals surface area contributed by atoms with E-state index in [4.69, 9.17) is 14.2 Å². The lowest BCUT2D eigenvalue weighted by atomic mass is 9.84. The lowest BCUT2D eigenvalue weighted by Gasteiger charge is -2.35. The number of ether oxygens (including phenoxy) is 3. The van der Waals surface area contributed by atoms with Crippen LogP contribution in [-0.2, 0) is 20.9 Å². The average molecular weight is 368 g/mol. The molecule has 5 heteroatoms. The van der Waals surface area contributed by atoms with Gasteiger partial charge >= 0.3 is 5.97 Å². The van der Waals surface area contributed by atoms with Gasteiger partial charge in [0.15, 0.2) is 0 Å². The number of aliphatic hydroxyl groups is 1. The molecule has 0 aromatic heterocycles.